The number of allylic oxidation sites excluding steroid dienone is 2. The van der Waals surface area contributed by atoms with E-state index in [0.29, 0.717) is 30.0 Å². The first-order chi connectivity index (χ1) is 23.8. The molecule has 7 aliphatic rings. The number of carboxylic acid groups (broad SMARTS) is 1. The summed E-state index contributed by atoms with van der Waals surface area (Å²) in [6.07, 6.45) is 16.7. The van der Waals surface area contributed by atoms with Crippen LogP contribution < -0.4 is 5.32 Å². The van der Waals surface area contributed by atoms with Gasteiger partial charge in [0.2, 0.25) is 0 Å². The van der Waals surface area contributed by atoms with Crippen molar-refractivity contribution >= 4 is 17.7 Å². The van der Waals surface area contributed by atoms with Gasteiger partial charge >= 0.3 is 11.9 Å². The van der Waals surface area contributed by atoms with Crippen LogP contribution in [0.2, 0.25) is 0 Å². The molecule has 7 aliphatic carbocycles. The van der Waals surface area contributed by atoms with Crippen LogP contribution in [-0.2, 0) is 19.1 Å². The van der Waals surface area contributed by atoms with Gasteiger partial charge in [-0.1, -0.05) is 80.7 Å². The molecule has 0 aromatic heterocycles. The molecule has 0 radical (unpaired) electrons. The number of hydrogen-bond acceptors (Lipinski definition) is 5. The maximum absolute atomic E-state index is 14.0. The van der Waals surface area contributed by atoms with E-state index < -0.39 is 17.3 Å². The van der Waals surface area contributed by atoms with Gasteiger partial charge in [0.1, 0.15) is 6.10 Å². The molecule has 0 saturated heterocycles. The monoisotopic (exact) mass is 706 g/mol. The van der Waals surface area contributed by atoms with Gasteiger partial charge in [-0.3, -0.25) is 14.4 Å². The number of fused-ring (bicyclic) bond motifs is 7. The second kappa shape index (κ2) is 12.7. The fourth-order valence-corrected chi connectivity index (χ4v) is 15.1. The van der Waals surface area contributed by atoms with Gasteiger partial charge in [-0.2, -0.15) is 0 Å². The third-order valence-electron chi connectivity index (χ3n) is 18.3. The Morgan fingerprint density at radius 1 is 0.824 bits per heavy atom. The summed E-state index contributed by atoms with van der Waals surface area (Å²) in [6, 6.07) is 0. The highest BCUT2D eigenvalue weighted by atomic mass is 16.5. The molecule has 286 valence electrons. The van der Waals surface area contributed by atoms with E-state index in [1.54, 1.807) is 5.57 Å². The van der Waals surface area contributed by atoms with Crippen LogP contribution in [0.15, 0.2) is 11.1 Å². The Labute approximate surface area is 309 Å². The summed E-state index contributed by atoms with van der Waals surface area (Å²) in [5.41, 5.74) is 2.64. The summed E-state index contributed by atoms with van der Waals surface area (Å²) < 4.78 is 6.43. The Bertz CT molecular complexity index is 1450. The molecule has 0 aliphatic heterocycles. The zero-order valence-electron chi connectivity index (χ0n) is 33.7. The third-order valence-corrected chi connectivity index (χ3v) is 18.3. The normalized spacial score (nSPS) is 44.3. The Kier molecular flexibility index (Phi) is 9.36. The summed E-state index contributed by atoms with van der Waals surface area (Å²) in [5, 5.41) is 13.5. The maximum Gasteiger partial charge on any atom is 0.309 e. The van der Waals surface area contributed by atoms with Crippen LogP contribution in [0.3, 0.4) is 0 Å². The smallest absolute Gasteiger partial charge is 0.309 e. The van der Waals surface area contributed by atoms with Crippen molar-refractivity contribution in [3.8, 4) is 0 Å². The number of Topliss-reactive ketones (excluding diaryl/α,β-unsaturated/α-hetero) is 1. The molecule has 6 fully saturated rings. The van der Waals surface area contributed by atoms with Crippen molar-refractivity contribution in [2.45, 2.75) is 165 Å². The minimum absolute atomic E-state index is 0.0389. The second-order valence-corrected chi connectivity index (χ2v) is 21.4. The van der Waals surface area contributed by atoms with Crippen molar-refractivity contribution in [1.82, 2.24) is 5.32 Å². The van der Waals surface area contributed by atoms with Gasteiger partial charge in [-0.25, -0.2) is 0 Å². The van der Waals surface area contributed by atoms with Gasteiger partial charge in [0, 0.05) is 17.3 Å². The Morgan fingerprint density at radius 3 is 2.18 bits per heavy atom. The standard InChI is InChI=1S/C45H71NO5/c1-27(2)36-32(47)25-45(22-23-46-26-28-12-10-11-13-28)21-20-43(8)29(37(36)45)14-15-34-42(7)18-17-35(41(5,6)33(42)16-19-44(34,43)9)51-39(50)31-24-30(38(48)49)40(31,3)4/h27-31,33-35,46H,10-26H2,1-9H3,(H,48,49)/t29-,30+,31-,33+,34-,35+,42+,43-,44-,45-/m1/s1. The number of aliphatic carboxylic acids is 1. The van der Waals surface area contributed by atoms with E-state index in [0.717, 1.165) is 57.5 Å². The van der Waals surface area contributed by atoms with Crippen molar-refractivity contribution in [3.63, 3.8) is 0 Å². The second-order valence-electron chi connectivity index (χ2n) is 21.4. The lowest BCUT2D eigenvalue weighted by Gasteiger charge is -2.72. The molecule has 6 nitrogen and oxygen atoms in total. The van der Waals surface area contributed by atoms with Crippen LogP contribution in [0.4, 0.5) is 0 Å². The molecule has 0 bridgehead atoms. The Balaban J connectivity index is 1.11. The van der Waals surface area contributed by atoms with E-state index in [-0.39, 0.29) is 51.0 Å². The van der Waals surface area contributed by atoms with E-state index in [1.807, 2.05) is 13.8 Å². The number of nitrogens with one attached hydrogen (secondary N) is 1. The zero-order chi connectivity index (χ0) is 36.9. The van der Waals surface area contributed by atoms with Gasteiger partial charge < -0.3 is 15.2 Å². The SMILES string of the molecule is CC(C)C1=C2[C@H]3CC[C@@H]4[C@@]5(C)CC[C@H](OC(=O)[C@H]6C[C@@H](C(=O)O)C6(C)C)C(C)(C)[C@@H]5CC[C@@]4(C)[C@]3(C)CC[C@@]2(CCNCC2CCCC2)CC1=O. The van der Waals surface area contributed by atoms with Gasteiger partial charge in [-0.15, -0.1) is 0 Å². The van der Waals surface area contributed by atoms with E-state index in [2.05, 4.69) is 53.8 Å². The number of esters is 1. The van der Waals surface area contributed by atoms with Gasteiger partial charge in [-0.05, 0) is 147 Å². The van der Waals surface area contributed by atoms with Crippen LogP contribution in [0, 0.1) is 73.9 Å². The fourth-order valence-electron chi connectivity index (χ4n) is 15.1. The van der Waals surface area contributed by atoms with Gasteiger partial charge in [0.25, 0.3) is 0 Å². The summed E-state index contributed by atoms with van der Waals surface area (Å²) in [4.78, 5) is 39.3. The number of ether oxygens (including phenoxy) is 1. The molecule has 0 aromatic carbocycles. The molecular weight excluding hydrogens is 634 g/mol. The Morgan fingerprint density at radius 2 is 1.53 bits per heavy atom. The van der Waals surface area contributed by atoms with Gasteiger partial charge in [0.15, 0.2) is 5.78 Å². The highest BCUT2D eigenvalue weighted by Gasteiger charge is 2.70. The van der Waals surface area contributed by atoms with Crippen molar-refractivity contribution in [1.29, 1.82) is 0 Å². The van der Waals surface area contributed by atoms with Crippen molar-refractivity contribution in [2.75, 3.05) is 13.1 Å². The molecule has 10 atom stereocenters. The summed E-state index contributed by atoms with van der Waals surface area (Å²) in [5.74, 6) is 1.28. The first kappa shape index (κ1) is 37.6. The average Bonchev–Trinajstić information content (AvgIpc) is 3.66. The molecule has 0 unspecified atom stereocenters. The van der Waals surface area contributed by atoms with Crippen LogP contribution >= 0.6 is 0 Å². The van der Waals surface area contributed by atoms with Crippen molar-refractivity contribution in [3.05, 3.63) is 11.1 Å². The van der Waals surface area contributed by atoms with E-state index in [4.69, 9.17) is 4.74 Å². The first-order valence-electron chi connectivity index (χ1n) is 21.3. The van der Waals surface area contributed by atoms with Crippen LogP contribution in [0.25, 0.3) is 0 Å². The molecule has 0 spiro atoms. The molecule has 0 heterocycles. The van der Waals surface area contributed by atoms with Crippen molar-refractivity contribution in [2.24, 2.45) is 73.9 Å². The predicted octanol–water partition coefficient (Wildman–Crippen LogP) is 9.80. The fraction of sp³-hybridized carbons (Fsp3) is 0.889. The molecule has 0 amide bonds. The molecule has 51 heavy (non-hydrogen) atoms. The van der Waals surface area contributed by atoms with Crippen LogP contribution in [-0.4, -0.2) is 42.0 Å². The number of carbonyl (C=O) groups excluding carboxylic acids is 2. The molecule has 6 heteroatoms. The molecular formula is C45H71NO5. The van der Waals surface area contributed by atoms with Crippen LogP contribution in [0.5, 0.6) is 0 Å². The topological polar surface area (TPSA) is 92.7 Å². The molecule has 0 aromatic rings. The minimum Gasteiger partial charge on any atom is -0.481 e. The number of rotatable bonds is 9. The lowest BCUT2D eigenvalue weighted by molar-refractivity contribution is -0.236. The van der Waals surface area contributed by atoms with E-state index in [1.165, 1.54) is 56.9 Å². The molecule has 7 rings (SSSR count). The van der Waals surface area contributed by atoms with E-state index in [9.17, 15) is 19.5 Å². The average molecular weight is 706 g/mol. The summed E-state index contributed by atoms with van der Waals surface area (Å²) >= 11 is 0. The largest absolute Gasteiger partial charge is 0.481 e. The number of ketones is 1. The first-order valence-corrected chi connectivity index (χ1v) is 21.3. The van der Waals surface area contributed by atoms with E-state index >= 15 is 0 Å². The Hall–Kier alpha value is -1.69. The molecule has 2 N–H and O–H groups in total. The summed E-state index contributed by atoms with van der Waals surface area (Å²) in [6.45, 7) is 23.1. The molecule has 6 saturated carbocycles. The van der Waals surface area contributed by atoms with Gasteiger partial charge in [0.05, 0.1) is 11.8 Å². The number of carboxylic acids is 1. The third kappa shape index (κ3) is 5.50. The maximum atomic E-state index is 14.0. The highest BCUT2D eigenvalue weighted by molar-refractivity contribution is 6.00. The van der Waals surface area contributed by atoms with Crippen molar-refractivity contribution < 1.29 is 24.2 Å². The summed E-state index contributed by atoms with van der Waals surface area (Å²) in [7, 11) is 0. The zero-order valence-corrected chi connectivity index (χ0v) is 33.7. The lowest BCUT2D eigenvalue weighted by atomic mass is 9.33. The van der Waals surface area contributed by atoms with Crippen LogP contribution in [0.1, 0.15) is 159 Å². The highest BCUT2D eigenvalue weighted by Crippen LogP contribution is 2.77. The lowest BCUT2D eigenvalue weighted by Crippen LogP contribution is -2.66. The number of carbonyl (C=O) groups is 3. The number of hydrogen-bond donors (Lipinski definition) is 2. The quantitative estimate of drug-likeness (QED) is 0.183. The minimum atomic E-state index is -0.807. The predicted molar refractivity (Wildman–Crippen MR) is 202 cm³/mol.